The number of anilines is 2. The van der Waals surface area contributed by atoms with Gasteiger partial charge >= 0.3 is 0 Å². The highest BCUT2D eigenvalue weighted by Gasteiger charge is 2.15. The van der Waals surface area contributed by atoms with Crippen LogP contribution in [0.15, 0.2) is 71.6 Å². The summed E-state index contributed by atoms with van der Waals surface area (Å²) in [6, 6.07) is 17.4. The van der Waals surface area contributed by atoms with Crippen molar-refractivity contribution < 1.29 is 17.6 Å². The zero-order valence-corrected chi connectivity index (χ0v) is 18.4. The van der Waals surface area contributed by atoms with E-state index in [9.17, 15) is 17.6 Å². The lowest BCUT2D eigenvalue weighted by Crippen LogP contribution is -2.15. The number of aromatic amines is 1. The van der Waals surface area contributed by atoms with Gasteiger partial charge in [0.2, 0.25) is 5.91 Å². The molecule has 6 nitrogen and oxygen atoms in total. The van der Waals surface area contributed by atoms with Crippen molar-refractivity contribution in [2.45, 2.75) is 25.2 Å². The largest absolute Gasteiger partial charge is 0.358 e. The molecule has 1 amide bonds. The number of rotatable bonds is 6. The minimum absolute atomic E-state index is 0.0804. The van der Waals surface area contributed by atoms with Gasteiger partial charge in [0.25, 0.3) is 10.0 Å². The first-order valence-electron chi connectivity index (χ1n) is 9.97. The third-order valence-corrected chi connectivity index (χ3v) is 6.57. The molecule has 32 heavy (non-hydrogen) atoms. The molecule has 0 unspecified atom stereocenters. The van der Waals surface area contributed by atoms with Gasteiger partial charge in [0.05, 0.1) is 11.3 Å². The monoisotopic (exact) mass is 451 g/mol. The van der Waals surface area contributed by atoms with Gasteiger partial charge in [-0.25, -0.2) is 12.8 Å². The van der Waals surface area contributed by atoms with Crippen LogP contribution in [0.25, 0.3) is 10.9 Å². The van der Waals surface area contributed by atoms with Gasteiger partial charge in [-0.2, -0.15) is 0 Å². The molecule has 3 N–H and O–H groups in total. The third kappa shape index (κ3) is 4.65. The van der Waals surface area contributed by atoms with Crippen LogP contribution in [0.2, 0.25) is 0 Å². The maximum atomic E-state index is 13.6. The van der Waals surface area contributed by atoms with E-state index >= 15 is 0 Å². The first-order chi connectivity index (χ1) is 15.2. The fourth-order valence-electron chi connectivity index (χ4n) is 3.50. The van der Waals surface area contributed by atoms with E-state index in [2.05, 4.69) is 15.0 Å². The molecule has 0 saturated carbocycles. The summed E-state index contributed by atoms with van der Waals surface area (Å²) in [7, 11) is -3.70. The Morgan fingerprint density at radius 2 is 1.59 bits per heavy atom. The standard InChI is InChI=1S/C24H22FN3O3S/c1-15-3-10-20(11-4-15)32(30,31)28-19-8-6-18(7-9-19)27-24(29)14-21-16(2)26-23-12-5-17(25)13-22(21)23/h3-13,26,28H,14H2,1-2H3,(H,27,29). The molecule has 164 valence electrons. The maximum Gasteiger partial charge on any atom is 0.261 e. The van der Waals surface area contributed by atoms with Crippen LogP contribution >= 0.6 is 0 Å². The van der Waals surface area contributed by atoms with Crippen LogP contribution < -0.4 is 10.0 Å². The minimum atomic E-state index is -3.70. The van der Waals surface area contributed by atoms with Crippen LogP contribution in [-0.4, -0.2) is 19.3 Å². The van der Waals surface area contributed by atoms with E-state index in [1.54, 1.807) is 54.6 Å². The highest BCUT2D eigenvalue weighted by Crippen LogP contribution is 2.24. The van der Waals surface area contributed by atoms with Gasteiger partial charge in [-0.15, -0.1) is 0 Å². The summed E-state index contributed by atoms with van der Waals surface area (Å²) in [4.78, 5) is 15.9. The molecule has 4 aromatic rings. The van der Waals surface area contributed by atoms with Crippen molar-refractivity contribution in [3.8, 4) is 0 Å². The molecule has 0 aliphatic rings. The molecule has 0 spiro atoms. The lowest BCUT2D eigenvalue weighted by Gasteiger charge is -2.10. The highest BCUT2D eigenvalue weighted by atomic mass is 32.2. The predicted molar refractivity (Wildman–Crippen MR) is 124 cm³/mol. The van der Waals surface area contributed by atoms with E-state index in [0.717, 1.165) is 22.3 Å². The smallest absolute Gasteiger partial charge is 0.261 e. The second-order valence-corrected chi connectivity index (χ2v) is 9.32. The molecule has 1 aromatic heterocycles. The molecule has 0 fully saturated rings. The van der Waals surface area contributed by atoms with Crippen molar-refractivity contribution in [1.82, 2.24) is 4.98 Å². The number of aromatic nitrogens is 1. The Morgan fingerprint density at radius 3 is 2.28 bits per heavy atom. The van der Waals surface area contributed by atoms with E-state index in [0.29, 0.717) is 16.8 Å². The van der Waals surface area contributed by atoms with Crippen molar-refractivity contribution in [1.29, 1.82) is 0 Å². The Morgan fingerprint density at radius 1 is 0.938 bits per heavy atom. The summed E-state index contributed by atoms with van der Waals surface area (Å²) in [5, 5.41) is 3.47. The van der Waals surface area contributed by atoms with E-state index in [-0.39, 0.29) is 23.0 Å². The average molecular weight is 452 g/mol. The number of carbonyl (C=O) groups excluding carboxylic acids is 1. The summed E-state index contributed by atoms with van der Waals surface area (Å²) in [6.07, 6.45) is 0.0804. The van der Waals surface area contributed by atoms with Crippen LogP contribution in [-0.2, 0) is 21.2 Å². The van der Waals surface area contributed by atoms with Crippen molar-refractivity contribution >= 4 is 38.2 Å². The molecule has 0 radical (unpaired) electrons. The number of sulfonamides is 1. The fourth-order valence-corrected chi connectivity index (χ4v) is 4.56. The van der Waals surface area contributed by atoms with Crippen LogP contribution in [0.1, 0.15) is 16.8 Å². The van der Waals surface area contributed by atoms with Crippen molar-refractivity contribution in [2.75, 3.05) is 10.0 Å². The zero-order chi connectivity index (χ0) is 22.9. The number of carbonyl (C=O) groups is 1. The number of benzene rings is 3. The second-order valence-electron chi connectivity index (χ2n) is 7.64. The Hall–Kier alpha value is -3.65. The molecule has 0 aliphatic heterocycles. The predicted octanol–water partition coefficient (Wildman–Crippen LogP) is 4.91. The zero-order valence-electron chi connectivity index (χ0n) is 17.6. The number of fused-ring (bicyclic) bond motifs is 1. The quantitative estimate of drug-likeness (QED) is 0.389. The highest BCUT2D eigenvalue weighted by molar-refractivity contribution is 7.92. The normalized spacial score (nSPS) is 11.5. The Balaban J connectivity index is 1.44. The number of halogens is 1. The number of amides is 1. The van der Waals surface area contributed by atoms with Crippen LogP contribution in [0.3, 0.4) is 0 Å². The maximum absolute atomic E-state index is 13.6. The average Bonchev–Trinajstić information content (AvgIpc) is 3.04. The van der Waals surface area contributed by atoms with Crippen LogP contribution in [0, 0.1) is 19.7 Å². The van der Waals surface area contributed by atoms with Crippen molar-refractivity contribution in [3.63, 3.8) is 0 Å². The van der Waals surface area contributed by atoms with Gasteiger partial charge in [0.1, 0.15) is 5.82 Å². The molecule has 0 saturated heterocycles. The molecular weight excluding hydrogens is 429 g/mol. The van der Waals surface area contributed by atoms with Gasteiger partial charge < -0.3 is 10.3 Å². The lowest BCUT2D eigenvalue weighted by molar-refractivity contribution is -0.115. The third-order valence-electron chi connectivity index (χ3n) is 5.17. The van der Waals surface area contributed by atoms with Crippen molar-refractivity contribution in [3.05, 3.63) is 89.4 Å². The molecule has 4 rings (SSSR count). The van der Waals surface area contributed by atoms with Crippen LogP contribution in [0.4, 0.5) is 15.8 Å². The molecule has 0 bridgehead atoms. The first-order valence-corrected chi connectivity index (χ1v) is 11.5. The number of aryl methyl sites for hydroxylation is 2. The molecule has 1 heterocycles. The van der Waals surface area contributed by atoms with Crippen molar-refractivity contribution in [2.24, 2.45) is 0 Å². The number of nitrogens with one attached hydrogen (secondary N) is 3. The lowest BCUT2D eigenvalue weighted by atomic mass is 10.1. The van der Waals surface area contributed by atoms with E-state index < -0.39 is 10.0 Å². The van der Waals surface area contributed by atoms with E-state index in [4.69, 9.17) is 0 Å². The number of hydrogen-bond donors (Lipinski definition) is 3. The fraction of sp³-hybridized carbons (Fsp3) is 0.125. The molecule has 0 atom stereocenters. The molecule has 0 aliphatic carbocycles. The summed E-state index contributed by atoms with van der Waals surface area (Å²) in [6.45, 7) is 3.73. The van der Waals surface area contributed by atoms with Gasteiger partial charge in [-0.05, 0) is 74.0 Å². The SMILES string of the molecule is Cc1ccc(S(=O)(=O)Nc2ccc(NC(=O)Cc3c(C)[nH]c4ccc(F)cc34)cc2)cc1. The summed E-state index contributed by atoms with van der Waals surface area (Å²) in [5.74, 6) is -0.618. The Bertz CT molecular complexity index is 1390. The van der Waals surface area contributed by atoms with Crippen LogP contribution in [0.5, 0.6) is 0 Å². The number of hydrogen-bond acceptors (Lipinski definition) is 3. The topological polar surface area (TPSA) is 91.1 Å². The molecule has 3 aromatic carbocycles. The molecular formula is C24H22FN3O3S. The van der Waals surface area contributed by atoms with E-state index in [1.807, 2.05) is 13.8 Å². The Labute approximate surface area is 185 Å². The first kappa shape index (κ1) is 21.6. The summed E-state index contributed by atoms with van der Waals surface area (Å²) in [5.41, 5.74) is 4.19. The summed E-state index contributed by atoms with van der Waals surface area (Å²) < 4.78 is 41.2. The second kappa shape index (κ2) is 8.47. The van der Waals surface area contributed by atoms with E-state index in [1.165, 1.54) is 12.1 Å². The van der Waals surface area contributed by atoms with Gasteiger partial charge in [-0.1, -0.05) is 17.7 Å². The van der Waals surface area contributed by atoms with Gasteiger partial charge in [0, 0.05) is 28.0 Å². The summed E-state index contributed by atoms with van der Waals surface area (Å²) >= 11 is 0. The van der Waals surface area contributed by atoms with Gasteiger partial charge in [-0.3, -0.25) is 9.52 Å². The minimum Gasteiger partial charge on any atom is -0.358 e. The molecule has 8 heteroatoms. The Kier molecular flexibility index (Phi) is 5.71. The van der Waals surface area contributed by atoms with Gasteiger partial charge in [0.15, 0.2) is 0 Å². The number of H-pyrrole nitrogens is 1.